The van der Waals surface area contributed by atoms with E-state index in [2.05, 4.69) is 45.6 Å². The van der Waals surface area contributed by atoms with Crippen LogP contribution >= 0.6 is 0 Å². The van der Waals surface area contributed by atoms with Gasteiger partial charge < -0.3 is 10.3 Å². The fourth-order valence-corrected chi connectivity index (χ4v) is 2.00. The van der Waals surface area contributed by atoms with Gasteiger partial charge in [0.25, 0.3) is 0 Å². The van der Waals surface area contributed by atoms with E-state index >= 15 is 0 Å². The fraction of sp³-hybridized carbons (Fsp3) is 0.400. The lowest BCUT2D eigenvalue weighted by Gasteiger charge is -2.04. The van der Waals surface area contributed by atoms with Crippen LogP contribution in [0.2, 0.25) is 0 Å². The third kappa shape index (κ3) is 4.72. The standard InChI is InChI=1S/C15H21N3/c1-2-6-14(7-3-1)8-4-10-16-11-5-9-15-17-12-13-18-15/h1-3,6-7,12-13,16H,4-5,8-11H2,(H,17,18). The molecular formula is C15H21N3. The van der Waals surface area contributed by atoms with E-state index in [1.54, 1.807) is 0 Å². The second-order valence-corrected chi connectivity index (χ2v) is 4.48. The van der Waals surface area contributed by atoms with Gasteiger partial charge in [-0.2, -0.15) is 0 Å². The van der Waals surface area contributed by atoms with Crippen molar-refractivity contribution >= 4 is 0 Å². The SMILES string of the molecule is c1ccc(CCCNCCCc2ncc[nH]2)cc1. The van der Waals surface area contributed by atoms with Crippen molar-refractivity contribution in [1.29, 1.82) is 0 Å². The molecule has 2 rings (SSSR count). The lowest BCUT2D eigenvalue weighted by molar-refractivity contribution is 0.617. The number of aromatic amines is 1. The summed E-state index contributed by atoms with van der Waals surface area (Å²) in [5.41, 5.74) is 1.43. The first-order valence-corrected chi connectivity index (χ1v) is 6.68. The van der Waals surface area contributed by atoms with Crippen molar-refractivity contribution in [2.45, 2.75) is 25.7 Å². The van der Waals surface area contributed by atoms with Crippen LogP contribution in [0.4, 0.5) is 0 Å². The van der Waals surface area contributed by atoms with Crippen LogP contribution in [0.25, 0.3) is 0 Å². The topological polar surface area (TPSA) is 40.7 Å². The van der Waals surface area contributed by atoms with Gasteiger partial charge in [0.1, 0.15) is 5.82 Å². The molecule has 0 saturated carbocycles. The average Bonchev–Trinajstić information content (AvgIpc) is 2.92. The molecule has 0 saturated heterocycles. The minimum absolute atomic E-state index is 1.03. The van der Waals surface area contributed by atoms with Crippen LogP contribution < -0.4 is 5.32 Å². The highest BCUT2D eigenvalue weighted by molar-refractivity contribution is 5.14. The minimum atomic E-state index is 1.03. The molecule has 0 aliphatic carbocycles. The van der Waals surface area contributed by atoms with Gasteiger partial charge in [-0.25, -0.2) is 4.98 Å². The Labute approximate surface area is 109 Å². The Morgan fingerprint density at radius 2 is 1.78 bits per heavy atom. The summed E-state index contributed by atoms with van der Waals surface area (Å²) in [5, 5.41) is 3.48. The predicted molar refractivity (Wildman–Crippen MR) is 74.5 cm³/mol. The van der Waals surface area contributed by atoms with Gasteiger partial charge in [-0.15, -0.1) is 0 Å². The number of H-pyrrole nitrogens is 1. The summed E-state index contributed by atoms with van der Waals surface area (Å²) in [6.07, 6.45) is 8.21. The van der Waals surface area contributed by atoms with Crippen LogP contribution in [0.3, 0.4) is 0 Å². The number of aryl methyl sites for hydroxylation is 2. The second kappa shape index (κ2) is 7.67. The first-order chi connectivity index (χ1) is 8.95. The monoisotopic (exact) mass is 243 g/mol. The van der Waals surface area contributed by atoms with E-state index in [0.29, 0.717) is 0 Å². The first-order valence-electron chi connectivity index (χ1n) is 6.68. The zero-order chi connectivity index (χ0) is 12.5. The highest BCUT2D eigenvalue weighted by atomic mass is 14.9. The first kappa shape index (κ1) is 12.8. The van der Waals surface area contributed by atoms with Crippen molar-refractivity contribution in [1.82, 2.24) is 15.3 Å². The average molecular weight is 243 g/mol. The van der Waals surface area contributed by atoms with E-state index in [4.69, 9.17) is 0 Å². The van der Waals surface area contributed by atoms with Gasteiger partial charge in [0.2, 0.25) is 0 Å². The normalized spacial score (nSPS) is 10.7. The third-order valence-electron chi connectivity index (χ3n) is 2.98. The zero-order valence-corrected chi connectivity index (χ0v) is 10.7. The predicted octanol–water partition coefficient (Wildman–Crippen LogP) is 2.56. The molecule has 0 spiro atoms. The molecule has 0 aliphatic rings. The molecule has 96 valence electrons. The Morgan fingerprint density at radius 1 is 1.00 bits per heavy atom. The number of imidazole rings is 1. The Balaban J connectivity index is 1.47. The Hall–Kier alpha value is -1.61. The maximum absolute atomic E-state index is 4.21. The summed E-state index contributed by atoms with van der Waals surface area (Å²) >= 11 is 0. The molecule has 0 aliphatic heterocycles. The van der Waals surface area contributed by atoms with Crippen molar-refractivity contribution in [2.24, 2.45) is 0 Å². The van der Waals surface area contributed by atoms with Crippen LogP contribution in [-0.4, -0.2) is 23.1 Å². The molecule has 1 heterocycles. The Bertz CT molecular complexity index is 409. The van der Waals surface area contributed by atoms with Crippen molar-refractivity contribution in [3.05, 3.63) is 54.1 Å². The quantitative estimate of drug-likeness (QED) is 0.700. The molecule has 0 radical (unpaired) electrons. The highest BCUT2D eigenvalue weighted by Crippen LogP contribution is 2.01. The second-order valence-electron chi connectivity index (χ2n) is 4.48. The summed E-state index contributed by atoms with van der Waals surface area (Å²) in [7, 11) is 0. The van der Waals surface area contributed by atoms with E-state index in [1.165, 1.54) is 12.0 Å². The number of nitrogens with one attached hydrogen (secondary N) is 2. The molecule has 3 heteroatoms. The summed E-state index contributed by atoms with van der Waals surface area (Å²) in [6, 6.07) is 10.7. The van der Waals surface area contributed by atoms with Crippen molar-refractivity contribution < 1.29 is 0 Å². The van der Waals surface area contributed by atoms with E-state index in [-0.39, 0.29) is 0 Å². The molecule has 0 atom stereocenters. The molecule has 2 aromatic rings. The minimum Gasteiger partial charge on any atom is -0.349 e. The third-order valence-corrected chi connectivity index (χ3v) is 2.98. The molecule has 0 fully saturated rings. The van der Waals surface area contributed by atoms with Crippen molar-refractivity contribution in [2.75, 3.05) is 13.1 Å². The van der Waals surface area contributed by atoms with Gasteiger partial charge in [0.05, 0.1) is 0 Å². The van der Waals surface area contributed by atoms with Gasteiger partial charge in [-0.1, -0.05) is 30.3 Å². The van der Waals surface area contributed by atoms with Crippen molar-refractivity contribution in [3.8, 4) is 0 Å². The van der Waals surface area contributed by atoms with Gasteiger partial charge >= 0.3 is 0 Å². The number of benzene rings is 1. The van der Waals surface area contributed by atoms with Crippen LogP contribution in [0.15, 0.2) is 42.7 Å². The Morgan fingerprint density at radius 3 is 2.50 bits per heavy atom. The molecule has 0 unspecified atom stereocenters. The van der Waals surface area contributed by atoms with E-state index in [1.807, 2.05) is 12.4 Å². The van der Waals surface area contributed by atoms with E-state index < -0.39 is 0 Å². The van der Waals surface area contributed by atoms with Crippen LogP contribution in [-0.2, 0) is 12.8 Å². The van der Waals surface area contributed by atoms with Gasteiger partial charge in [0, 0.05) is 18.8 Å². The number of nitrogens with zero attached hydrogens (tertiary/aromatic N) is 1. The highest BCUT2D eigenvalue weighted by Gasteiger charge is 1.95. The van der Waals surface area contributed by atoms with Crippen molar-refractivity contribution in [3.63, 3.8) is 0 Å². The Kier molecular flexibility index (Phi) is 5.47. The molecule has 1 aromatic heterocycles. The lowest BCUT2D eigenvalue weighted by Crippen LogP contribution is -2.17. The molecule has 0 amide bonds. The maximum atomic E-state index is 4.21. The summed E-state index contributed by atoms with van der Waals surface area (Å²) in [6.45, 7) is 2.16. The summed E-state index contributed by atoms with van der Waals surface area (Å²) in [4.78, 5) is 7.33. The molecule has 0 bridgehead atoms. The van der Waals surface area contributed by atoms with Crippen LogP contribution in [0.5, 0.6) is 0 Å². The number of rotatable bonds is 8. The van der Waals surface area contributed by atoms with E-state index in [9.17, 15) is 0 Å². The zero-order valence-electron chi connectivity index (χ0n) is 10.7. The van der Waals surface area contributed by atoms with Gasteiger partial charge in [0.15, 0.2) is 0 Å². The van der Waals surface area contributed by atoms with Gasteiger partial charge in [-0.05, 0) is 37.9 Å². The molecule has 2 N–H and O–H groups in total. The largest absolute Gasteiger partial charge is 0.349 e. The number of aromatic nitrogens is 2. The van der Waals surface area contributed by atoms with Gasteiger partial charge in [-0.3, -0.25) is 0 Å². The molecule has 1 aromatic carbocycles. The molecule has 3 nitrogen and oxygen atoms in total. The van der Waals surface area contributed by atoms with Crippen LogP contribution in [0, 0.1) is 0 Å². The summed E-state index contributed by atoms with van der Waals surface area (Å²) in [5.74, 6) is 1.08. The fourth-order valence-electron chi connectivity index (χ4n) is 2.00. The molecule has 18 heavy (non-hydrogen) atoms. The molecular weight excluding hydrogens is 222 g/mol. The van der Waals surface area contributed by atoms with Crippen LogP contribution in [0.1, 0.15) is 24.2 Å². The van der Waals surface area contributed by atoms with E-state index in [0.717, 1.165) is 38.2 Å². The number of hydrogen-bond donors (Lipinski definition) is 2. The number of hydrogen-bond acceptors (Lipinski definition) is 2. The maximum Gasteiger partial charge on any atom is 0.106 e. The summed E-state index contributed by atoms with van der Waals surface area (Å²) < 4.78 is 0. The lowest BCUT2D eigenvalue weighted by atomic mass is 10.1. The smallest absolute Gasteiger partial charge is 0.106 e.